The van der Waals surface area contributed by atoms with Gasteiger partial charge in [-0.2, -0.15) is 0 Å². The van der Waals surface area contributed by atoms with Gasteiger partial charge in [-0.15, -0.1) is 11.8 Å². The number of anilines is 2. The Hall–Kier alpha value is -2.87. The summed E-state index contributed by atoms with van der Waals surface area (Å²) in [5.41, 5.74) is 0.742. The van der Waals surface area contributed by atoms with Crippen LogP contribution in [0.4, 0.5) is 11.5 Å². The van der Waals surface area contributed by atoms with Crippen LogP contribution in [0.3, 0.4) is 0 Å². The van der Waals surface area contributed by atoms with Gasteiger partial charge in [0.05, 0.1) is 5.69 Å². The first-order valence-electron chi connectivity index (χ1n) is 9.19. The number of benzene rings is 1. The lowest BCUT2D eigenvalue weighted by atomic mass is 9.95. The quantitative estimate of drug-likeness (QED) is 0.778. The molecule has 3 amide bonds. The number of amides is 3. The average molecular weight is 396 g/mol. The zero-order chi connectivity index (χ0) is 19.5. The topological polar surface area (TPSA) is 91.4 Å². The Labute approximate surface area is 166 Å². The van der Waals surface area contributed by atoms with E-state index in [0.29, 0.717) is 31.7 Å². The molecule has 144 valence electrons. The molecule has 2 aliphatic rings. The number of fused-ring (bicyclic) bond motifs is 1. The zero-order valence-corrected chi connectivity index (χ0v) is 15.9. The van der Waals surface area contributed by atoms with Crippen molar-refractivity contribution in [1.82, 2.24) is 9.88 Å². The summed E-state index contributed by atoms with van der Waals surface area (Å²) in [4.78, 5) is 44.3. The Balaban J connectivity index is 1.34. The highest BCUT2D eigenvalue weighted by molar-refractivity contribution is 8.01. The molecule has 1 aromatic heterocycles. The summed E-state index contributed by atoms with van der Waals surface area (Å²) < 4.78 is 0. The molecule has 0 spiro atoms. The lowest BCUT2D eigenvalue weighted by Crippen LogP contribution is -2.48. The zero-order valence-electron chi connectivity index (χ0n) is 15.1. The summed E-state index contributed by atoms with van der Waals surface area (Å²) in [5.74, 6) is -0.201. The smallest absolute Gasteiger partial charge is 0.247 e. The Morgan fingerprint density at radius 2 is 1.86 bits per heavy atom. The highest BCUT2D eigenvalue weighted by atomic mass is 32.2. The second kappa shape index (κ2) is 8.02. The van der Waals surface area contributed by atoms with E-state index >= 15 is 0 Å². The maximum atomic E-state index is 12.9. The fraction of sp³-hybridized carbons (Fsp3) is 0.300. The summed E-state index contributed by atoms with van der Waals surface area (Å²) in [6.45, 7) is 0.927. The number of likely N-dealkylation sites (tertiary alicyclic amines) is 1. The van der Waals surface area contributed by atoms with Gasteiger partial charge in [-0.1, -0.05) is 18.2 Å². The average Bonchev–Trinajstić information content (AvgIpc) is 2.73. The number of hydrogen-bond acceptors (Lipinski definition) is 5. The second-order valence-electron chi connectivity index (χ2n) is 6.79. The van der Waals surface area contributed by atoms with Crippen molar-refractivity contribution in [3.63, 3.8) is 0 Å². The van der Waals surface area contributed by atoms with E-state index in [4.69, 9.17) is 0 Å². The van der Waals surface area contributed by atoms with Gasteiger partial charge in [-0.25, -0.2) is 4.98 Å². The number of carbonyl (C=O) groups is 3. The Bertz CT molecular complexity index is 897. The molecule has 0 bridgehead atoms. The van der Waals surface area contributed by atoms with Crippen LogP contribution in [0, 0.1) is 5.92 Å². The molecule has 0 aliphatic carbocycles. The molecule has 1 fully saturated rings. The molecule has 0 saturated carbocycles. The number of carbonyl (C=O) groups excluding carboxylic acids is 3. The third-order valence-electron chi connectivity index (χ3n) is 4.95. The molecule has 0 unspecified atom stereocenters. The number of nitrogens with zero attached hydrogens (tertiary/aromatic N) is 2. The van der Waals surface area contributed by atoms with E-state index in [9.17, 15) is 14.4 Å². The van der Waals surface area contributed by atoms with Crippen molar-refractivity contribution in [2.45, 2.75) is 23.0 Å². The third-order valence-corrected chi connectivity index (χ3v) is 6.21. The van der Waals surface area contributed by atoms with Crippen molar-refractivity contribution in [2.24, 2.45) is 5.92 Å². The van der Waals surface area contributed by atoms with Gasteiger partial charge < -0.3 is 15.5 Å². The maximum absolute atomic E-state index is 12.9. The highest BCUT2D eigenvalue weighted by Crippen LogP contribution is 2.36. The van der Waals surface area contributed by atoms with E-state index in [1.807, 2.05) is 30.3 Å². The second-order valence-corrected chi connectivity index (χ2v) is 7.93. The summed E-state index contributed by atoms with van der Waals surface area (Å²) in [5, 5.41) is 4.84. The number of aromatic nitrogens is 1. The summed E-state index contributed by atoms with van der Waals surface area (Å²) in [6.07, 6.45) is 2.77. The van der Waals surface area contributed by atoms with Crippen LogP contribution < -0.4 is 10.6 Å². The minimum Gasteiger partial charge on any atom is -0.341 e. The first-order valence-corrected chi connectivity index (χ1v) is 10.1. The van der Waals surface area contributed by atoms with Crippen LogP contribution in [0.1, 0.15) is 12.8 Å². The van der Waals surface area contributed by atoms with Gasteiger partial charge in [0.1, 0.15) is 5.82 Å². The molecule has 1 atom stereocenters. The SMILES string of the molecule is O=C(Nc1ccccn1)C1CCN(C(=O)[C@@H]2Sc3ccccc3NC2=O)CC1. The van der Waals surface area contributed by atoms with Gasteiger partial charge >= 0.3 is 0 Å². The highest BCUT2D eigenvalue weighted by Gasteiger charge is 2.37. The molecule has 3 heterocycles. The molecule has 2 aromatic rings. The Morgan fingerprint density at radius 3 is 2.61 bits per heavy atom. The third kappa shape index (κ3) is 3.87. The van der Waals surface area contributed by atoms with Gasteiger partial charge in [0.2, 0.25) is 17.7 Å². The first-order chi connectivity index (χ1) is 13.6. The van der Waals surface area contributed by atoms with Crippen LogP contribution in [-0.2, 0) is 14.4 Å². The van der Waals surface area contributed by atoms with E-state index in [-0.39, 0.29) is 23.6 Å². The van der Waals surface area contributed by atoms with E-state index in [0.717, 1.165) is 10.6 Å². The normalized spacial score (nSPS) is 19.5. The summed E-state index contributed by atoms with van der Waals surface area (Å²) in [7, 11) is 0. The van der Waals surface area contributed by atoms with Crippen molar-refractivity contribution in [3.8, 4) is 0 Å². The largest absolute Gasteiger partial charge is 0.341 e. The van der Waals surface area contributed by atoms with Crippen LogP contribution in [0.25, 0.3) is 0 Å². The number of thioether (sulfide) groups is 1. The van der Waals surface area contributed by atoms with Gasteiger partial charge in [-0.3, -0.25) is 14.4 Å². The molecule has 0 radical (unpaired) electrons. The molecule has 1 saturated heterocycles. The molecule has 1 aromatic carbocycles. The van der Waals surface area contributed by atoms with Gasteiger partial charge in [0, 0.05) is 30.1 Å². The van der Waals surface area contributed by atoms with E-state index in [2.05, 4.69) is 15.6 Å². The fourth-order valence-electron chi connectivity index (χ4n) is 3.41. The Morgan fingerprint density at radius 1 is 1.11 bits per heavy atom. The van der Waals surface area contributed by atoms with E-state index < -0.39 is 5.25 Å². The van der Waals surface area contributed by atoms with Gasteiger partial charge in [0.15, 0.2) is 5.25 Å². The molecule has 8 heteroatoms. The lowest BCUT2D eigenvalue weighted by Gasteiger charge is -2.34. The molecule has 2 N–H and O–H groups in total. The van der Waals surface area contributed by atoms with Crippen LogP contribution in [0.15, 0.2) is 53.6 Å². The monoisotopic (exact) mass is 396 g/mol. The molecule has 28 heavy (non-hydrogen) atoms. The van der Waals surface area contributed by atoms with Crippen molar-refractivity contribution >= 4 is 41.0 Å². The van der Waals surface area contributed by atoms with Crippen LogP contribution in [0.2, 0.25) is 0 Å². The molecule has 4 rings (SSSR count). The first kappa shape index (κ1) is 18.5. The minimum absolute atomic E-state index is 0.0792. The molecular weight excluding hydrogens is 376 g/mol. The number of rotatable bonds is 3. The van der Waals surface area contributed by atoms with Crippen molar-refractivity contribution in [3.05, 3.63) is 48.7 Å². The summed E-state index contributed by atoms with van der Waals surface area (Å²) in [6, 6.07) is 12.8. The minimum atomic E-state index is -0.784. The van der Waals surface area contributed by atoms with Crippen LogP contribution >= 0.6 is 11.8 Å². The van der Waals surface area contributed by atoms with E-state index in [1.165, 1.54) is 11.8 Å². The van der Waals surface area contributed by atoms with Crippen LogP contribution in [-0.4, -0.2) is 45.9 Å². The van der Waals surface area contributed by atoms with Gasteiger partial charge in [-0.05, 0) is 37.1 Å². The molecule has 7 nitrogen and oxygen atoms in total. The molecular formula is C20H20N4O3S. The standard InChI is InChI=1S/C20H20N4O3S/c25-18(23-16-7-3-4-10-21-16)13-8-11-24(12-9-13)20(27)17-19(26)22-14-5-1-2-6-15(14)28-17/h1-7,10,13,17H,8-9,11-12H2,(H,22,26)(H,21,23,25)/t17-/m1/s1. The van der Waals surface area contributed by atoms with Crippen molar-refractivity contribution < 1.29 is 14.4 Å². The number of pyridine rings is 1. The lowest BCUT2D eigenvalue weighted by molar-refractivity contribution is -0.136. The maximum Gasteiger partial charge on any atom is 0.247 e. The van der Waals surface area contributed by atoms with Crippen LogP contribution in [0.5, 0.6) is 0 Å². The number of piperidine rings is 1. The van der Waals surface area contributed by atoms with Crippen molar-refractivity contribution in [1.29, 1.82) is 0 Å². The predicted octanol–water partition coefficient (Wildman–Crippen LogP) is 2.37. The van der Waals surface area contributed by atoms with E-state index in [1.54, 1.807) is 23.2 Å². The van der Waals surface area contributed by atoms with Gasteiger partial charge in [0.25, 0.3) is 0 Å². The Kier molecular flexibility index (Phi) is 5.29. The number of para-hydroxylation sites is 1. The number of hydrogen-bond donors (Lipinski definition) is 2. The summed E-state index contributed by atoms with van der Waals surface area (Å²) >= 11 is 1.28. The van der Waals surface area contributed by atoms with Crippen molar-refractivity contribution in [2.75, 3.05) is 23.7 Å². The molecule has 2 aliphatic heterocycles. The fourth-order valence-corrected chi connectivity index (χ4v) is 4.48. The number of nitrogens with one attached hydrogen (secondary N) is 2. The predicted molar refractivity (Wildman–Crippen MR) is 107 cm³/mol.